The number of hydrogen-bond donors (Lipinski definition) is 1. The van der Waals surface area contributed by atoms with Crippen molar-refractivity contribution in [3.8, 4) is 0 Å². The van der Waals surface area contributed by atoms with Gasteiger partial charge in [0.25, 0.3) is 0 Å². The third kappa shape index (κ3) is 5.77. The van der Waals surface area contributed by atoms with E-state index in [0.29, 0.717) is 5.25 Å². The van der Waals surface area contributed by atoms with Gasteiger partial charge in [0.05, 0.1) is 6.61 Å². The second-order valence-electron chi connectivity index (χ2n) is 3.31. The average molecular weight is 226 g/mol. The molecule has 0 saturated heterocycles. The van der Waals surface area contributed by atoms with Crippen molar-refractivity contribution in [3.63, 3.8) is 0 Å². The van der Waals surface area contributed by atoms with Gasteiger partial charge in [-0.05, 0) is 12.1 Å². The maximum atomic E-state index is 4.96. The SMILES string of the molecule is COCCNCC(C)Sc1ccncc1. The van der Waals surface area contributed by atoms with Crippen LogP contribution in [0.1, 0.15) is 6.92 Å². The minimum absolute atomic E-state index is 0.559. The Balaban J connectivity index is 2.16. The predicted octanol–water partition coefficient (Wildman–Crippen LogP) is 1.80. The molecule has 0 saturated carbocycles. The third-order valence-corrected chi connectivity index (χ3v) is 3.02. The van der Waals surface area contributed by atoms with Gasteiger partial charge in [0.2, 0.25) is 0 Å². The summed E-state index contributed by atoms with van der Waals surface area (Å²) in [6.07, 6.45) is 3.65. The molecule has 0 aliphatic heterocycles. The molecule has 0 fully saturated rings. The molecule has 1 N–H and O–H groups in total. The summed E-state index contributed by atoms with van der Waals surface area (Å²) in [5.74, 6) is 0. The summed E-state index contributed by atoms with van der Waals surface area (Å²) in [5, 5.41) is 3.90. The first-order valence-corrected chi connectivity index (χ1v) is 5.97. The van der Waals surface area contributed by atoms with Crippen LogP contribution in [0.4, 0.5) is 0 Å². The predicted molar refractivity (Wildman–Crippen MR) is 64.3 cm³/mol. The lowest BCUT2D eigenvalue weighted by Crippen LogP contribution is -2.26. The molecule has 1 rings (SSSR count). The Morgan fingerprint density at radius 1 is 1.47 bits per heavy atom. The second kappa shape index (κ2) is 7.68. The van der Waals surface area contributed by atoms with Gasteiger partial charge in [-0.15, -0.1) is 11.8 Å². The van der Waals surface area contributed by atoms with Gasteiger partial charge < -0.3 is 10.1 Å². The molecule has 0 aliphatic rings. The number of nitrogens with one attached hydrogen (secondary N) is 1. The normalized spacial score (nSPS) is 12.7. The van der Waals surface area contributed by atoms with E-state index >= 15 is 0 Å². The van der Waals surface area contributed by atoms with Crippen molar-refractivity contribution in [1.29, 1.82) is 0 Å². The number of thioether (sulfide) groups is 1. The van der Waals surface area contributed by atoms with Gasteiger partial charge in [-0.1, -0.05) is 6.92 Å². The number of methoxy groups -OCH3 is 1. The van der Waals surface area contributed by atoms with E-state index in [2.05, 4.69) is 17.2 Å². The van der Waals surface area contributed by atoms with Crippen LogP contribution >= 0.6 is 11.8 Å². The van der Waals surface area contributed by atoms with Crippen molar-refractivity contribution in [3.05, 3.63) is 24.5 Å². The molecule has 1 aromatic heterocycles. The molecule has 0 bridgehead atoms. The molecule has 0 aromatic carbocycles. The highest BCUT2D eigenvalue weighted by Gasteiger charge is 2.02. The Labute approximate surface area is 95.6 Å². The molecular formula is C11H18N2OS. The van der Waals surface area contributed by atoms with Crippen LogP contribution in [-0.4, -0.2) is 37.0 Å². The fraction of sp³-hybridized carbons (Fsp3) is 0.545. The van der Waals surface area contributed by atoms with Crippen LogP contribution in [0, 0.1) is 0 Å². The summed E-state index contributed by atoms with van der Waals surface area (Å²) in [7, 11) is 1.72. The van der Waals surface area contributed by atoms with Gasteiger partial charge in [-0.25, -0.2) is 0 Å². The summed E-state index contributed by atoms with van der Waals surface area (Å²) in [5.41, 5.74) is 0. The van der Waals surface area contributed by atoms with E-state index in [4.69, 9.17) is 4.74 Å². The molecule has 0 aliphatic carbocycles. The highest BCUT2D eigenvalue weighted by atomic mass is 32.2. The molecule has 84 valence electrons. The summed E-state index contributed by atoms with van der Waals surface area (Å²) < 4.78 is 4.96. The van der Waals surface area contributed by atoms with Gasteiger partial charge in [-0.3, -0.25) is 4.98 Å². The summed E-state index contributed by atoms with van der Waals surface area (Å²) in [4.78, 5) is 5.26. The van der Waals surface area contributed by atoms with Crippen molar-refractivity contribution in [2.45, 2.75) is 17.1 Å². The lowest BCUT2D eigenvalue weighted by Gasteiger charge is -2.11. The van der Waals surface area contributed by atoms with Crippen LogP contribution in [0.2, 0.25) is 0 Å². The van der Waals surface area contributed by atoms with E-state index in [9.17, 15) is 0 Å². The Bertz CT molecular complexity index is 256. The minimum atomic E-state index is 0.559. The molecule has 0 amide bonds. The summed E-state index contributed by atoms with van der Waals surface area (Å²) in [6, 6.07) is 4.08. The van der Waals surface area contributed by atoms with Crippen LogP contribution in [-0.2, 0) is 4.74 Å². The average Bonchev–Trinajstić information content (AvgIpc) is 2.26. The second-order valence-corrected chi connectivity index (χ2v) is 4.82. The molecule has 1 atom stereocenters. The fourth-order valence-corrected chi connectivity index (χ4v) is 2.11. The molecule has 4 heteroatoms. The molecular weight excluding hydrogens is 208 g/mol. The highest BCUT2D eigenvalue weighted by Crippen LogP contribution is 2.21. The van der Waals surface area contributed by atoms with Crippen LogP contribution in [0.15, 0.2) is 29.4 Å². The molecule has 1 heterocycles. The van der Waals surface area contributed by atoms with Crippen LogP contribution in [0.3, 0.4) is 0 Å². The fourth-order valence-electron chi connectivity index (χ4n) is 1.17. The van der Waals surface area contributed by atoms with Crippen molar-refractivity contribution in [2.24, 2.45) is 0 Å². The molecule has 1 unspecified atom stereocenters. The van der Waals surface area contributed by atoms with E-state index in [1.807, 2.05) is 36.3 Å². The van der Waals surface area contributed by atoms with Crippen molar-refractivity contribution < 1.29 is 4.74 Å². The minimum Gasteiger partial charge on any atom is -0.383 e. The molecule has 15 heavy (non-hydrogen) atoms. The Hall–Kier alpha value is -0.580. The first-order chi connectivity index (χ1) is 7.33. The van der Waals surface area contributed by atoms with Crippen LogP contribution in [0.25, 0.3) is 0 Å². The van der Waals surface area contributed by atoms with Crippen LogP contribution in [0.5, 0.6) is 0 Å². The smallest absolute Gasteiger partial charge is 0.0587 e. The van der Waals surface area contributed by atoms with Gasteiger partial charge in [-0.2, -0.15) is 0 Å². The first kappa shape index (κ1) is 12.5. The van der Waals surface area contributed by atoms with Gasteiger partial charge >= 0.3 is 0 Å². The number of nitrogens with zero attached hydrogens (tertiary/aromatic N) is 1. The van der Waals surface area contributed by atoms with E-state index in [-0.39, 0.29) is 0 Å². The summed E-state index contributed by atoms with van der Waals surface area (Å²) in [6.45, 7) is 4.89. The quantitative estimate of drug-likeness (QED) is 0.568. The molecule has 3 nitrogen and oxygen atoms in total. The molecule has 0 spiro atoms. The van der Waals surface area contributed by atoms with Crippen molar-refractivity contribution in [2.75, 3.05) is 26.8 Å². The van der Waals surface area contributed by atoms with E-state index in [0.717, 1.165) is 19.7 Å². The van der Waals surface area contributed by atoms with E-state index < -0.39 is 0 Å². The van der Waals surface area contributed by atoms with Crippen LogP contribution < -0.4 is 5.32 Å². The Morgan fingerprint density at radius 3 is 2.87 bits per heavy atom. The highest BCUT2D eigenvalue weighted by molar-refractivity contribution is 8.00. The topological polar surface area (TPSA) is 34.1 Å². The number of pyridine rings is 1. The zero-order valence-electron chi connectivity index (χ0n) is 9.27. The van der Waals surface area contributed by atoms with Gasteiger partial charge in [0.1, 0.15) is 0 Å². The zero-order chi connectivity index (χ0) is 10.9. The van der Waals surface area contributed by atoms with Crippen molar-refractivity contribution in [1.82, 2.24) is 10.3 Å². The lowest BCUT2D eigenvalue weighted by molar-refractivity contribution is 0.199. The lowest BCUT2D eigenvalue weighted by atomic mass is 10.4. The zero-order valence-corrected chi connectivity index (χ0v) is 10.1. The van der Waals surface area contributed by atoms with Gasteiger partial charge in [0, 0.05) is 42.7 Å². The number of rotatable bonds is 7. The number of ether oxygens (including phenoxy) is 1. The van der Waals surface area contributed by atoms with E-state index in [1.54, 1.807) is 7.11 Å². The number of hydrogen-bond acceptors (Lipinski definition) is 4. The maximum Gasteiger partial charge on any atom is 0.0587 e. The maximum absolute atomic E-state index is 4.96. The Kier molecular flexibility index (Phi) is 6.39. The monoisotopic (exact) mass is 226 g/mol. The first-order valence-electron chi connectivity index (χ1n) is 5.09. The summed E-state index contributed by atoms with van der Waals surface area (Å²) >= 11 is 1.86. The molecule has 0 radical (unpaired) electrons. The van der Waals surface area contributed by atoms with Crippen molar-refractivity contribution >= 4 is 11.8 Å². The third-order valence-electron chi connectivity index (χ3n) is 1.90. The standard InChI is InChI=1S/C11H18N2OS/c1-10(9-13-7-8-14-2)15-11-3-5-12-6-4-11/h3-6,10,13H,7-9H2,1-2H3. The number of aromatic nitrogens is 1. The largest absolute Gasteiger partial charge is 0.383 e. The van der Waals surface area contributed by atoms with E-state index in [1.165, 1.54) is 4.90 Å². The van der Waals surface area contributed by atoms with Gasteiger partial charge in [0.15, 0.2) is 0 Å². The molecule has 1 aromatic rings. The Morgan fingerprint density at radius 2 is 2.20 bits per heavy atom.